The van der Waals surface area contributed by atoms with Crippen LogP contribution in [0.2, 0.25) is 0 Å². The van der Waals surface area contributed by atoms with Gasteiger partial charge in [-0.3, -0.25) is 9.48 Å². The van der Waals surface area contributed by atoms with Crippen LogP contribution in [0.5, 0.6) is 0 Å². The standard InChI is InChI=1S/C16H28N4O.ClH/c1-11-9-12(18-20(11)15(2,3)4)14(21)19-8-7-13(17)16(5,6)10-19;/h9,13H,7-8,10,17H2,1-6H3;1H. The first-order valence-corrected chi connectivity index (χ1v) is 7.64. The summed E-state index contributed by atoms with van der Waals surface area (Å²) in [5.74, 6) is 0.0149. The highest BCUT2D eigenvalue weighted by Crippen LogP contribution is 2.28. The van der Waals surface area contributed by atoms with E-state index in [-0.39, 0.29) is 35.3 Å². The molecule has 2 rings (SSSR count). The van der Waals surface area contributed by atoms with Crippen molar-refractivity contribution < 1.29 is 4.79 Å². The van der Waals surface area contributed by atoms with E-state index in [1.807, 2.05) is 22.6 Å². The minimum absolute atomic E-state index is 0. The molecule has 1 unspecified atom stereocenters. The number of halogens is 1. The second-order valence-corrected chi connectivity index (χ2v) is 7.86. The Morgan fingerprint density at radius 3 is 2.45 bits per heavy atom. The number of hydrogen-bond acceptors (Lipinski definition) is 3. The van der Waals surface area contributed by atoms with Crippen LogP contribution in [0.25, 0.3) is 0 Å². The molecule has 126 valence electrons. The lowest BCUT2D eigenvalue weighted by Gasteiger charge is -2.42. The lowest BCUT2D eigenvalue weighted by molar-refractivity contribution is 0.0526. The zero-order valence-corrected chi connectivity index (χ0v) is 15.3. The number of aromatic nitrogens is 2. The van der Waals surface area contributed by atoms with Gasteiger partial charge in [-0.05, 0) is 45.6 Å². The van der Waals surface area contributed by atoms with Crippen molar-refractivity contribution >= 4 is 18.3 Å². The number of piperidine rings is 1. The van der Waals surface area contributed by atoms with Crippen LogP contribution in [0.1, 0.15) is 57.2 Å². The summed E-state index contributed by atoms with van der Waals surface area (Å²) in [6.07, 6.45) is 0.845. The highest BCUT2D eigenvalue weighted by molar-refractivity contribution is 5.92. The SMILES string of the molecule is Cc1cc(C(=O)N2CCC(N)C(C)(C)C2)nn1C(C)(C)C.Cl. The van der Waals surface area contributed by atoms with Crippen molar-refractivity contribution in [2.75, 3.05) is 13.1 Å². The average Bonchev–Trinajstić information content (AvgIpc) is 2.73. The molecule has 0 spiro atoms. The Labute approximate surface area is 139 Å². The second-order valence-electron chi connectivity index (χ2n) is 7.86. The molecule has 2 N–H and O–H groups in total. The van der Waals surface area contributed by atoms with Gasteiger partial charge < -0.3 is 10.6 Å². The summed E-state index contributed by atoms with van der Waals surface area (Å²) in [4.78, 5) is 14.6. The fraction of sp³-hybridized carbons (Fsp3) is 0.750. The van der Waals surface area contributed by atoms with Crippen LogP contribution < -0.4 is 5.73 Å². The smallest absolute Gasteiger partial charge is 0.274 e. The molecule has 1 aromatic rings. The van der Waals surface area contributed by atoms with E-state index < -0.39 is 0 Å². The van der Waals surface area contributed by atoms with Crippen molar-refractivity contribution in [3.05, 3.63) is 17.5 Å². The number of nitrogens with two attached hydrogens (primary N) is 1. The topological polar surface area (TPSA) is 64.2 Å². The summed E-state index contributed by atoms with van der Waals surface area (Å²) in [7, 11) is 0. The van der Waals surface area contributed by atoms with Gasteiger partial charge in [-0.2, -0.15) is 5.10 Å². The number of aryl methyl sites for hydroxylation is 1. The number of hydrogen-bond donors (Lipinski definition) is 1. The summed E-state index contributed by atoms with van der Waals surface area (Å²) in [6, 6.07) is 2.03. The van der Waals surface area contributed by atoms with Crippen LogP contribution in [0.3, 0.4) is 0 Å². The van der Waals surface area contributed by atoms with E-state index in [2.05, 4.69) is 39.7 Å². The van der Waals surface area contributed by atoms with Crippen LogP contribution in [0.15, 0.2) is 6.07 Å². The third-order valence-electron chi connectivity index (χ3n) is 4.34. The number of nitrogens with zero attached hydrogens (tertiary/aromatic N) is 3. The van der Waals surface area contributed by atoms with E-state index in [4.69, 9.17) is 5.73 Å². The lowest BCUT2D eigenvalue weighted by atomic mass is 9.79. The molecular formula is C16H29ClN4O. The van der Waals surface area contributed by atoms with Crippen molar-refractivity contribution in [2.24, 2.45) is 11.1 Å². The molecule has 22 heavy (non-hydrogen) atoms. The molecule has 1 fully saturated rings. The number of amides is 1. The molecule has 0 aromatic carbocycles. The second kappa shape index (κ2) is 6.20. The molecule has 2 heterocycles. The van der Waals surface area contributed by atoms with E-state index in [0.717, 1.165) is 12.1 Å². The van der Waals surface area contributed by atoms with Crippen LogP contribution >= 0.6 is 12.4 Å². The Kier molecular flexibility index (Phi) is 5.35. The van der Waals surface area contributed by atoms with Gasteiger partial charge in [0.2, 0.25) is 0 Å². The van der Waals surface area contributed by atoms with Gasteiger partial charge >= 0.3 is 0 Å². The van der Waals surface area contributed by atoms with E-state index in [9.17, 15) is 4.79 Å². The molecule has 5 nitrogen and oxygen atoms in total. The minimum atomic E-state index is -0.119. The highest BCUT2D eigenvalue weighted by atomic mass is 35.5. The van der Waals surface area contributed by atoms with Crippen molar-refractivity contribution in [2.45, 2.75) is 59.5 Å². The van der Waals surface area contributed by atoms with Gasteiger partial charge in [0, 0.05) is 24.8 Å². The van der Waals surface area contributed by atoms with Gasteiger partial charge in [-0.15, -0.1) is 12.4 Å². The summed E-state index contributed by atoms with van der Waals surface area (Å²) >= 11 is 0. The third-order valence-corrected chi connectivity index (χ3v) is 4.34. The summed E-state index contributed by atoms with van der Waals surface area (Å²) in [5, 5.41) is 4.52. The molecule has 0 radical (unpaired) electrons. The average molecular weight is 329 g/mol. The van der Waals surface area contributed by atoms with E-state index >= 15 is 0 Å². The first kappa shape index (κ1) is 19.0. The Balaban J connectivity index is 0.00000242. The molecule has 1 atom stereocenters. The predicted octanol–water partition coefficient (Wildman–Crippen LogP) is 2.57. The van der Waals surface area contributed by atoms with E-state index in [0.29, 0.717) is 18.8 Å². The van der Waals surface area contributed by atoms with Gasteiger partial charge in [-0.25, -0.2) is 0 Å². The van der Waals surface area contributed by atoms with Crippen molar-refractivity contribution in [1.29, 1.82) is 0 Å². The molecule has 1 aliphatic heterocycles. The molecule has 0 bridgehead atoms. The molecule has 1 amide bonds. The zero-order valence-electron chi connectivity index (χ0n) is 14.5. The van der Waals surface area contributed by atoms with Crippen LogP contribution in [0, 0.1) is 12.3 Å². The summed E-state index contributed by atoms with van der Waals surface area (Å²) < 4.78 is 1.92. The number of rotatable bonds is 1. The first-order chi connectivity index (χ1) is 9.52. The fourth-order valence-corrected chi connectivity index (χ4v) is 2.97. The monoisotopic (exact) mass is 328 g/mol. The van der Waals surface area contributed by atoms with Gasteiger partial charge in [0.05, 0.1) is 5.54 Å². The Hall–Kier alpha value is -1.07. The molecular weight excluding hydrogens is 300 g/mol. The van der Waals surface area contributed by atoms with Crippen LogP contribution in [0.4, 0.5) is 0 Å². The Morgan fingerprint density at radius 2 is 2.00 bits per heavy atom. The fourth-order valence-electron chi connectivity index (χ4n) is 2.97. The molecule has 6 heteroatoms. The quantitative estimate of drug-likeness (QED) is 0.861. The number of likely N-dealkylation sites (tertiary alicyclic amines) is 1. The van der Waals surface area contributed by atoms with Crippen LogP contribution in [-0.4, -0.2) is 39.7 Å². The molecule has 1 saturated heterocycles. The van der Waals surface area contributed by atoms with Gasteiger partial charge in [0.15, 0.2) is 5.69 Å². The van der Waals surface area contributed by atoms with Gasteiger partial charge in [0.25, 0.3) is 5.91 Å². The lowest BCUT2D eigenvalue weighted by Crippen LogP contribution is -2.54. The Morgan fingerprint density at radius 1 is 1.41 bits per heavy atom. The minimum Gasteiger partial charge on any atom is -0.337 e. The van der Waals surface area contributed by atoms with Crippen LogP contribution in [-0.2, 0) is 5.54 Å². The normalized spacial score (nSPS) is 21.4. The van der Waals surface area contributed by atoms with Gasteiger partial charge in [-0.1, -0.05) is 13.8 Å². The predicted molar refractivity (Wildman–Crippen MR) is 91.5 cm³/mol. The molecule has 0 saturated carbocycles. The number of carbonyl (C=O) groups excluding carboxylic acids is 1. The largest absolute Gasteiger partial charge is 0.337 e. The van der Waals surface area contributed by atoms with E-state index in [1.165, 1.54) is 0 Å². The summed E-state index contributed by atoms with van der Waals surface area (Å²) in [6.45, 7) is 13.9. The molecule has 0 aliphatic carbocycles. The third kappa shape index (κ3) is 3.63. The van der Waals surface area contributed by atoms with Crippen molar-refractivity contribution in [3.63, 3.8) is 0 Å². The Bertz CT molecular complexity index is 545. The van der Waals surface area contributed by atoms with E-state index in [1.54, 1.807) is 0 Å². The zero-order chi connectivity index (χ0) is 16.0. The van der Waals surface area contributed by atoms with Crippen molar-refractivity contribution in [3.8, 4) is 0 Å². The maximum atomic E-state index is 12.7. The maximum Gasteiger partial charge on any atom is 0.274 e. The first-order valence-electron chi connectivity index (χ1n) is 7.64. The van der Waals surface area contributed by atoms with Crippen molar-refractivity contribution in [1.82, 2.24) is 14.7 Å². The molecule has 1 aliphatic rings. The van der Waals surface area contributed by atoms with Gasteiger partial charge in [0.1, 0.15) is 0 Å². The number of carbonyl (C=O) groups is 1. The maximum absolute atomic E-state index is 12.7. The summed E-state index contributed by atoms with van der Waals surface area (Å²) in [5.41, 5.74) is 7.52. The highest BCUT2D eigenvalue weighted by Gasteiger charge is 2.36. The molecule has 1 aromatic heterocycles.